The van der Waals surface area contributed by atoms with Gasteiger partial charge in [-0.15, -0.1) is 0 Å². The van der Waals surface area contributed by atoms with Crippen LogP contribution in [0.25, 0.3) is 5.69 Å². The Bertz CT molecular complexity index is 591. The molecule has 5 nitrogen and oxygen atoms in total. The van der Waals surface area contributed by atoms with Gasteiger partial charge in [0.15, 0.2) is 0 Å². The van der Waals surface area contributed by atoms with Gasteiger partial charge in [-0.05, 0) is 36.6 Å². The van der Waals surface area contributed by atoms with E-state index in [-0.39, 0.29) is 0 Å². The van der Waals surface area contributed by atoms with Crippen LogP contribution < -0.4 is 5.32 Å². The van der Waals surface area contributed by atoms with Crippen LogP contribution in [0.15, 0.2) is 30.7 Å². The Morgan fingerprint density at radius 2 is 2.15 bits per heavy atom. The van der Waals surface area contributed by atoms with Crippen LogP contribution in [0, 0.1) is 0 Å². The molecule has 2 heterocycles. The molecular weight excluding hydrogens is 254 g/mol. The number of benzene rings is 1. The number of aryl methyl sites for hydroxylation is 1. The Hall–Kier alpha value is -1.85. The zero-order valence-electron chi connectivity index (χ0n) is 11.8. The van der Waals surface area contributed by atoms with Crippen LogP contribution in [-0.2, 0) is 15.9 Å². The van der Waals surface area contributed by atoms with Gasteiger partial charge in [0.1, 0.15) is 0 Å². The number of rotatable bonds is 4. The predicted molar refractivity (Wildman–Crippen MR) is 77.1 cm³/mol. The fraction of sp³-hybridized carbons (Fsp3) is 0.400. The standard InChI is InChI=1S/C15H19N3O2/c1-19-15(20-2)14-9-16-10-18(14)12-5-6-13-11(8-12)4-3-7-17-13/h5-6,8-10,15,17H,3-4,7H2,1-2H3. The van der Waals surface area contributed by atoms with Gasteiger partial charge < -0.3 is 14.8 Å². The second-order valence-electron chi connectivity index (χ2n) is 4.86. The molecule has 0 spiro atoms. The summed E-state index contributed by atoms with van der Waals surface area (Å²) in [5.74, 6) is 0. The molecule has 3 rings (SSSR count). The highest BCUT2D eigenvalue weighted by atomic mass is 16.7. The largest absolute Gasteiger partial charge is 0.385 e. The van der Waals surface area contributed by atoms with E-state index in [0.717, 1.165) is 24.3 Å². The van der Waals surface area contributed by atoms with Gasteiger partial charge in [0.05, 0.1) is 18.2 Å². The molecule has 1 N–H and O–H groups in total. The van der Waals surface area contributed by atoms with E-state index in [4.69, 9.17) is 9.47 Å². The number of ether oxygens (including phenoxy) is 2. The van der Waals surface area contributed by atoms with Crippen LogP contribution >= 0.6 is 0 Å². The lowest BCUT2D eigenvalue weighted by molar-refractivity contribution is -0.109. The Balaban J connectivity index is 1.99. The Kier molecular flexibility index (Phi) is 3.71. The molecule has 0 unspecified atom stereocenters. The second kappa shape index (κ2) is 5.64. The predicted octanol–water partition coefficient (Wildman–Crippen LogP) is 2.52. The van der Waals surface area contributed by atoms with E-state index in [1.807, 2.05) is 4.57 Å². The molecule has 0 amide bonds. The maximum atomic E-state index is 5.32. The zero-order chi connectivity index (χ0) is 13.9. The van der Waals surface area contributed by atoms with Gasteiger partial charge in [0.25, 0.3) is 0 Å². The first-order valence-electron chi connectivity index (χ1n) is 6.78. The minimum absolute atomic E-state index is 0.411. The molecule has 1 aromatic heterocycles. The van der Waals surface area contributed by atoms with Gasteiger partial charge >= 0.3 is 0 Å². The summed E-state index contributed by atoms with van der Waals surface area (Å²) in [6.45, 7) is 1.05. The third-order valence-electron chi connectivity index (χ3n) is 3.64. The molecule has 20 heavy (non-hydrogen) atoms. The van der Waals surface area contributed by atoms with E-state index in [1.165, 1.54) is 17.7 Å². The van der Waals surface area contributed by atoms with Crippen LogP contribution in [0.2, 0.25) is 0 Å². The molecule has 1 aliphatic rings. The highest BCUT2D eigenvalue weighted by Gasteiger charge is 2.16. The van der Waals surface area contributed by atoms with Crippen molar-refractivity contribution in [1.29, 1.82) is 0 Å². The summed E-state index contributed by atoms with van der Waals surface area (Å²) >= 11 is 0. The molecule has 5 heteroatoms. The lowest BCUT2D eigenvalue weighted by Gasteiger charge is -2.20. The quantitative estimate of drug-likeness (QED) is 0.870. The number of anilines is 1. The SMILES string of the molecule is COC(OC)c1cncn1-c1ccc2c(c1)CCCN2. The number of nitrogens with one attached hydrogen (secondary N) is 1. The van der Waals surface area contributed by atoms with E-state index in [2.05, 4.69) is 28.5 Å². The highest BCUT2D eigenvalue weighted by molar-refractivity contribution is 5.57. The third kappa shape index (κ3) is 2.30. The summed E-state index contributed by atoms with van der Waals surface area (Å²) in [5.41, 5.74) is 4.55. The van der Waals surface area contributed by atoms with Gasteiger partial charge in [-0.3, -0.25) is 4.57 Å². The molecule has 0 saturated carbocycles. The van der Waals surface area contributed by atoms with E-state index in [9.17, 15) is 0 Å². The molecule has 1 aliphatic heterocycles. The molecule has 0 aliphatic carbocycles. The molecule has 106 valence electrons. The van der Waals surface area contributed by atoms with Crippen molar-refractivity contribution < 1.29 is 9.47 Å². The van der Waals surface area contributed by atoms with Crippen molar-refractivity contribution in [3.8, 4) is 5.69 Å². The lowest BCUT2D eigenvalue weighted by Crippen LogP contribution is -2.13. The van der Waals surface area contributed by atoms with Crippen LogP contribution in [-0.4, -0.2) is 30.3 Å². The fourth-order valence-corrected chi connectivity index (χ4v) is 2.64. The molecule has 2 aromatic rings. The summed E-state index contributed by atoms with van der Waals surface area (Å²) in [7, 11) is 3.25. The number of aromatic nitrogens is 2. The van der Waals surface area contributed by atoms with Crippen molar-refractivity contribution in [3.05, 3.63) is 42.0 Å². The summed E-state index contributed by atoms with van der Waals surface area (Å²) in [6.07, 6.45) is 5.43. The average molecular weight is 273 g/mol. The van der Waals surface area contributed by atoms with E-state index >= 15 is 0 Å². The summed E-state index contributed by atoms with van der Waals surface area (Å²) < 4.78 is 12.7. The zero-order valence-corrected chi connectivity index (χ0v) is 11.8. The number of methoxy groups -OCH3 is 2. The third-order valence-corrected chi connectivity index (χ3v) is 3.64. The first-order chi connectivity index (χ1) is 9.83. The molecular formula is C15H19N3O2. The number of nitrogens with zero attached hydrogens (tertiary/aromatic N) is 2. The van der Waals surface area contributed by atoms with E-state index in [0.29, 0.717) is 0 Å². The van der Waals surface area contributed by atoms with Crippen molar-refractivity contribution in [2.45, 2.75) is 19.1 Å². The molecule has 1 aromatic carbocycles. The normalized spacial score (nSPS) is 14.2. The monoisotopic (exact) mass is 273 g/mol. The van der Waals surface area contributed by atoms with Crippen molar-refractivity contribution in [2.75, 3.05) is 26.1 Å². The van der Waals surface area contributed by atoms with Crippen LogP contribution in [0.3, 0.4) is 0 Å². The minimum atomic E-state index is -0.411. The second-order valence-corrected chi connectivity index (χ2v) is 4.86. The number of hydrogen-bond acceptors (Lipinski definition) is 4. The first kappa shape index (κ1) is 13.1. The summed E-state index contributed by atoms with van der Waals surface area (Å²) in [5, 5.41) is 3.42. The summed E-state index contributed by atoms with van der Waals surface area (Å²) in [4.78, 5) is 4.21. The van der Waals surface area contributed by atoms with Gasteiger partial charge in [0, 0.05) is 32.1 Å². The van der Waals surface area contributed by atoms with Gasteiger partial charge in [-0.25, -0.2) is 4.98 Å². The van der Waals surface area contributed by atoms with E-state index < -0.39 is 6.29 Å². The minimum Gasteiger partial charge on any atom is -0.385 e. The maximum absolute atomic E-state index is 5.32. The highest BCUT2D eigenvalue weighted by Crippen LogP contribution is 2.27. The first-order valence-corrected chi connectivity index (χ1v) is 6.78. The smallest absolute Gasteiger partial charge is 0.200 e. The van der Waals surface area contributed by atoms with Crippen molar-refractivity contribution in [3.63, 3.8) is 0 Å². The van der Waals surface area contributed by atoms with Crippen molar-refractivity contribution in [1.82, 2.24) is 9.55 Å². The molecule has 0 radical (unpaired) electrons. The topological polar surface area (TPSA) is 48.3 Å². The van der Waals surface area contributed by atoms with Crippen molar-refractivity contribution >= 4 is 5.69 Å². The summed E-state index contributed by atoms with van der Waals surface area (Å²) in [6, 6.07) is 6.42. The number of fused-ring (bicyclic) bond motifs is 1. The Labute approximate surface area is 118 Å². The van der Waals surface area contributed by atoms with Gasteiger partial charge in [0.2, 0.25) is 6.29 Å². The van der Waals surface area contributed by atoms with Gasteiger partial charge in [-0.1, -0.05) is 0 Å². The molecule has 0 fully saturated rings. The fourth-order valence-electron chi connectivity index (χ4n) is 2.64. The van der Waals surface area contributed by atoms with Crippen molar-refractivity contribution in [2.24, 2.45) is 0 Å². The Morgan fingerprint density at radius 1 is 1.30 bits per heavy atom. The van der Waals surface area contributed by atoms with E-state index in [1.54, 1.807) is 26.7 Å². The number of hydrogen-bond donors (Lipinski definition) is 1. The van der Waals surface area contributed by atoms with Crippen LogP contribution in [0.5, 0.6) is 0 Å². The average Bonchev–Trinajstić information content (AvgIpc) is 2.97. The molecule has 0 saturated heterocycles. The molecule has 0 bridgehead atoms. The molecule has 0 atom stereocenters. The lowest BCUT2D eigenvalue weighted by atomic mass is 10.0. The van der Waals surface area contributed by atoms with Crippen LogP contribution in [0.1, 0.15) is 24.0 Å². The Morgan fingerprint density at radius 3 is 2.95 bits per heavy atom. The number of imidazole rings is 1. The van der Waals surface area contributed by atoms with Gasteiger partial charge in [-0.2, -0.15) is 0 Å². The maximum Gasteiger partial charge on any atom is 0.200 e. The van der Waals surface area contributed by atoms with Crippen LogP contribution in [0.4, 0.5) is 5.69 Å².